The predicted octanol–water partition coefficient (Wildman–Crippen LogP) is 5.01. The maximum absolute atomic E-state index is 12.8. The second-order valence-electron chi connectivity index (χ2n) is 4.60. The van der Waals surface area contributed by atoms with E-state index in [4.69, 9.17) is 23.2 Å². The average Bonchev–Trinajstić information content (AvgIpc) is 2.77. The van der Waals surface area contributed by atoms with Gasteiger partial charge in [-0.1, -0.05) is 47.5 Å². The Morgan fingerprint density at radius 2 is 1.80 bits per heavy atom. The molecule has 4 heteroatoms. The topological polar surface area (TPSA) is 32.9 Å². The first-order valence-electron chi connectivity index (χ1n) is 6.15. The van der Waals surface area contributed by atoms with Gasteiger partial charge in [0.1, 0.15) is 0 Å². The van der Waals surface area contributed by atoms with Gasteiger partial charge in [-0.2, -0.15) is 0 Å². The van der Waals surface area contributed by atoms with Crippen molar-refractivity contribution < 1.29 is 4.79 Å². The Morgan fingerprint density at radius 3 is 2.60 bits per heavy atom. The number of hydrogen-bond acceptors (Lipinski definition) is 1. The number of ketones is 1. The molecule has 1 aromatic heterocycles. The maximum Gasteiger partial charge on any atom is 0.196 e. The number of carbonyl (C=O) groups excluding carboxylic acids is 1. The molecule has 2 nitrogen and oxygen atoms in total. The number of H-pyrrole nitrogens is 1. The van der Waals surface area contributed by atoms with Crippen LogP contribution in [-0.2, 0) is 0 Å². The van der Waals surface area contributed by atoms with Crippen molar-refractivity contribution in [3.8, 4) is 0 Å². The van der Waals surface area contributed by atoms with E-state index in [1.54, 1.807) is 18.2 Å². The number of rotatable bonds is 2. The zero-order chi connectivity index (χ0) is 14.3. The number of hydrogen-bond donors (Lipinski definition) is 1. The van der Waals surface area contributed by atoms with Gasteiger partial charge in [0.15, 0.2) is 5.78 Å². The zero-order valence-electron chi connectivity index (χ0n) is 10.7. The summed E-state index contributed by atoms with van der Waals surface area (Å²) < 4.78 is 0. The molecular weight excluding hydrogens is 293 g/mol. The molecule has 0 saturated carbocycles. The normalized spacial score (nSPS) is 10.9. The summed E-state index contributed by atoms with van der Waals surface area (Å²) in [5, 5.41) is 1.57. The monoisotopic (exact) mass is 303 g/mol. The van der Waals surface area contributed by atoms with Crippen LogP contribution in [0.15, 0.2) is 42.5 Å². The molecule has 0 atom stereocenters. The van der Waals surface area contributed by atoms with E-state index in [1.807, 2.05) is 31.2 Å². The highest BCUT2D eigenvalue weighted by atomic mass is 35.5. The summed E-state index contributed by atoms with van der Waals surface area (Å²) in [4.78, 5) is 16.0. The average molecular weight is 304 g/mol. The summed E-state index contributed by atoms with van der Waals surface area (Å²) in [6.45, 7) is 1.88. The first-order chi connectivity index (χ1) is 9.59. The lowest BCUT2D eigenvalue weighted by Crippen LogP contribution is -2.03. The standard InChI is InChI=1S/C16H11Cl2NO/c1-9-14(10-5-2-3-8-13(10)19-9)16(20)11-6-4-7-12(17)15(11)18/h2-8,19H,1H3. The minimum atomic E-state index is -0.118. The summed E-state index contributed by atoms with van der Waals surface area (Å²) in [5.74, 6) is -0.118. The Kier molecular flexibility index (Phi) is 3.28. The van der Waals surface area contributed by atoms with Crippen molar-refractivity contribution in [1.29, 1.82) is 0 Å². The van der Waals surface area contributed by atoms with Gasteiger partial charge < -0.3 is 4.98 Å². The number of fused-ring (bicyclic) bond motifs is 1. The van der Waals surface area contributed by atoms with Gasteiger partial charge in [0.25, 0.3) is 0 Å². The van der Waals surface area contributed by atoms with Gasteiger partial charge in [-0.05, 0) is 25.1 Å². The second-order valence-corrected chi connectivity index (χ2v) is 5.39. The quantitative estimate of drug-likeness (QED) is 0.663. The third-order valence-corrected chi connectivity index (χ3v) is 4.14. The van der Waals surface area contributed by atoms with Gasteiger partial charge in [0.05, 0.1) is 15.6 Å². The van der Waals surface area contributed by atoms with E-state index in [9.17, 15) is 4.79 Å². The van der Waals surface area contributed by atoms with Crippen LogP contribution in [0.3, 0.4) is 0 Å². The van der Waals surface area contributed by atoms with E-state index in [1.165, 1.54) is 0 Å². The van der Waals surface area contributed by atoms with Gasteiger partial charge in [-0.25, -0.2) is 0 Å². The number of benzene rings is 2. The van der Waals surface area contributed by atoms with E-state index in [0.29, 0.717) is 21.2 Å². The van der Waals surface area contributed by atoms with Crippen LogP contribution in [0, 0.1) is 6.92 Å². The molecule has 0 amide bonds. The molecule has 2 aromatic carbocycles. The van der Waals surface area contributed by atoms with E-state index in [2.05, 4.69) is 4.98 Å². The van der Waals surface area contributed by atoms with Crippen LogP contribution < -0.4 is 0 Å². The van der Waals surface area contributed by atoms with Gasteiger partial charge in [-0.15, -0.1) is 0 Å². The first kappa shape index (κ1) is 13.2. The third-order valence-electron chi connectivity index (χ3n) is 3.32. The van der Waals surface area contributed by atoms with Crippen LogP contribution in [0.1, 0.15) is 21.6 Å². The van der Waals surface area contributed by atoms with Crippen LogP contribution in [0.5, 0.6) is 0 Å². The molecule has 0 aliphatic carbocycles. The Balaban J connectivity index is 2.23. The molecule has 0 aliphatic rings. The van der Waals surface area contributed by atoms with Crippen molar-refractivity contribution in [3.63, 3.8) is 0 Å². The Labute approximate surface area is 126 Å². The summed E-state index contributed by atoms with van der Waals surface area (Å²) in [7, 11) is 0. The summed E-state index contributed by atoms with van der Waals surface area (Å²) >= 11 is 12.1. The summed E-state index contributed by atoms with van der Waals surface area (Å²) in [5.41, 5.74) is 2.83. The van der Waals surface area contributed by atoms with Crippen LogP contribution in [0.2, 0.25) is 10.0 Å². The SMILES string of the molecule is Cc1[nH]c2ccccc2c1C(=O)c1cccc(Cl)c1Cl. The predicted molar refractivity (Wildman–Crippen MR) is 82.9 cm³/mol. The van der Waals surface area contributed by atoms with E-state index < -0.39 is 0 Å². The summed E-state index contributed by atoms with van der Waals surface area (Å²) in [6.07, 6.45) is 0. The first-order valence-corrected chi connectivity index (χ1v) is 6.91. The largest absolute Gasteiger partial charge is 0.358 e. The molecule has 20 heavy (non-hydrogen) atoms. The number of aromatic amines is 1. The molecule has 3 aromatic rings. The number of aryl methyl sites for hydroxylation is 1. The van der Waals surface area contributed by atoms with Crippen molar-refractivity contribution in [2.75, 3.05) is 0 Å². The highest BCUT2D eigenvalue weighted by Gasteiger charge is 2.20. The fraction of sp³-hybridized carbons (Fsp3) is 0.0625. The summed E-state index contributed by atoms with van der Waals surface area (Å²) in [6, 6.07) is 12.8. The van der Waals surface area contributed by atoms with Crippen LogP contribution >= 0.6 is 23.2 Å². The Bertz CT molecular complexity index is 820. The number of halogens is 2. The number of carbonyl (C=O) groups is 1. The molecule has 0 spiro atoms. The van der Waals surface area contributed by atoms with Gasteiger partial charge in [-0.3, -0.25) is 4.79 Å². The molecule has 1 N–H and O–H groups in total. The van der Waals surface area contributed by atoms with Crippen molar-refractivity contribution in [2.24, 2.45) is 0 Å². The molecule has 3 rings (SSSR count). The van der Waals surface area contributed by atoms with Crippen LogP contribution in [-0.4, -0.2) is 10.8 Å². The van der Waals surface area contributed by atoms with Crippen molar-refractivity contribution in [1.82, 2.24) is 4.98 Å². The molecule has 1 heterocycles. The molecule has 100 valence electrons. The van der Waals surface area contributed by atoms with Gasteiger partial charge >= 0.3 is 0 Å². The highest BCUT2D eigenvalue weighted by Crippen LogP contribution is 2.30. The second kappa shape index (κ2) is 4.97. The number of para-hydroxylation sites is 1. The van der Waals surface area contributed by atoms with Crippen molar-refractivity contribution in [3.05, 3.63) is 69.3 Å². The molecule has 0 radical (unpaired) electrons. The molecular formula is C16H11Cl2NO. The van der Waals surface area contributed by atoms with E-state index in [-0.39, 0.29) is 5.78 Å². The lowest BCUT2D eigenvalue weighted by atomic mass is 10.0. The van der Waals surface area contributed by atoms with E-state index in [0.717, 1.165) is 16.6 Å². The van der Waals surface area contributed by atoms with Gasteiger partial charge in [0.2, 0.25) is 0 Å². The lowest BCUT2D eigenvalue weighted by molar-refractivity contribution is 0.104. The zero-order valence-corrected chi connectivity index (χ0v) is 12.2. The molecule has 0 fully saturated rings. The fourth-order valence-corrected chi connectivity index (χ4v) is 2.77. The lowest BCUT2D eigenvalue weighted by Gasteiger charge is -2.05. The van der Waals surface area contributed by atoms with Crippen LogP contribution in [0.25, 0.3) is 10.9 Å². The Hall–Kier alpha value is -1.77. The molecule has 0 saturated heterocycles. The van der Waals surface area contributed by atoms with Crippen molar-refractivity contribution in [2.45, 2.75) is 6.92 Å². The minimum Gasteiger partial charge on any atom is -0.358 e. The molecule has 0 bridgehead atoms. The smallest absolute Gasteiger partial charge is 0.196 e. The van der Waals surface area contributed by atoms with Gasteiger partial charge in [0, 0.05) is 22.2 Å². The Morgan fingerprint density at radius 1 is 1.05 bits per heavy atom. The number of nitrogens with one attached hydrogen (secondary N) is 1. The van der Waals surface area contributed by atoms with E-state index >= 15 is 0 Å². The highest BCUT2D eigenvalue weighted by molar-refractivity contribution is 6.44. The molecule has 0 unspecified atom stereocenters. The minimum absolute atomic E-state index is 0.118. The van der Waals surface area contributed by atoms with Crippen LogP contribution in [0.4, 0.5) is 0 Å². The third kappa shape index (κ3) is 2.01. The number of aromatic nitrogens is 1. The fourth-order valence-electron chi connectivity index (χ4n) is 2.38. The maximum atomic E-state index is 12.8. The molecule has 0 aliphatic heterocycles. The van der Waals surface area contributed by atoms with Crippen molar-refractivity contribution >= 4 is 39.9 Å².